The molecular formula is C28H29N3O2. The smallest absolute Gasteiger partial charge is 0.217 e. The summed E-state index contributed by atoms with van der Waals surface area (Å²) in [5.41, 5.74) is 5.64. The molecule has 33 heavy (non-hydrogen) atoms. The zero-order chi connectivity index (χ0) is 22.6. The largest absolute Gasteiger partial charge is 0.390 e. The number of amides is 1. The van der Waals surface area contributed by atoms with Crippen molar-refractivity contribution in [2.45, 2.75) is 43.9 Å². The first kappa shape index (κ1) is 20.5. The minimum Gasteiger partial charge on any atom is -0.390 e. The minimum atomic E-state index is -0.594. The second-order valence-electron chi connectivity index (χ2n) is 9.69. The van der Waals surface area contributed by atoms with E-state index >= 15 is 0 Å². The number of carbonyl (C=O) groups is 1. The van der Waals surface area contributed by atoms with Gasteiger partial charge in [-0.1, -0.05) is 48.5 Å². The summed E-state index contributed by atoms with van der Waals surface area (Å²) >= 11 is 0. The van der Waals surface area contributed by atoms with Gasteiger partial charge in [-0.2, -0.15) is 0 Å². The van der Waals surface area contributed by atoms with Crippen molar-refractivity contribution >= 4 is 27.7 Å². The molecule has 3 N–H and O–H groups in total. The number of carbonyl (C=O) groups excluding carboxylic acids is 1. The molecule has 1 aromatic heterocycles. The van der Waals surface area contributed by atoms with Gasteiger partial charge < -0.3 is 15.4 Å². The Hall–Kier alpha value is -3.15. The maximum atomic E-state index is 11.8. The van der Waals surface area contributed by atoms with Crippen LogP contribution in [0.25, 0.3) is 21.8 Å². The number of rotatable bonds is 3. The van der Waals surface area contributed by atoms with Gasteiger partial charge in [0.2, 0.25) is 5.91 Å². The van der Waals surface area contributed by atoms with Crippen LogP contribution in [0, 0.1) is 0 Å². The number of nitrogens with zero attached hydrogens (tertiary/aromatic N) is 1. The lowest BCUT2D eigenvalue weighted by Crippen LogP contribution is -2.49. The summed E-state index contributed by atoms with van der Waals surface area (Å²) in [5, 5.41) is 16.9. The standard InChI is InChI=1S/C28H29N3O2/c1-18(32)29-26-21-7-2-4-8-23(21)28(27(26)33)12-14-31(15-13-28)17-19-10-11-25-22(16-19)20-6-3-5-9-24(20)30-25/h2-11,16,26-27,30,33H,12-15,17H2,1H3,(H,29,32). The molecule has 5 heteroatoms. The van der Waals surface area contributed by atoms with E-state index in [9.17, 15) is 9.90 Å². The molecule has 2 heterocycles. The SMILES string of the molecule is CC(=O)NC1c2ccccc2C2(CCN(Cc3ccc4[nH]c5ccccc5c4c3)CC2)C1O. The van der Waals surface area contributed by atoms with Gasteiger partial charge in [0.25, 0.3) is 0 Å². The van der Waals surface area contributed by atoms with E-state index in [4.69, 9.17) is 0 Å². The van der Waals surface area contributed by atoms with Crippen LogP contribution in [0.15, 0.2) is 66.7 Å². The normalized spacial score (nSPS) is 22.1. The molecule has 4 aromatic rings. The Morgan fingerprint density at radius 2 is 1.76 bits per heavy atom. The predicted octanol–water partition coefficient (Wildman–Crippen LogP) is 4.41. The molecule has 3 aromatic carbocycles. The van der Waals surface area contributed by atoms with Crippen LogP contribution in [0.4, 0.5) is 0 Å². The van der Waals surface area contributed by atoms with Crippen molar-refractivity contribution in [1.29, 1.82) is 0 Å². The summed E-state index contributed by atoms with van der Waals surface area (Å²) in [6.45, 7) is 4.26. The van der Waals surface area contributed by atoms with Crippen molar-refractivity contribution in [2.24, 2.45) is 0 Å². The number of para-hydroxylation sites is 1. The number of likely N-dealkylation sites (tertiary alicyclic amines) is 1. The quantitative estimate of drug-likeness (QED) is 0.443. The second kappa shape index (κ2) is 7.72. The average Bonchev–Trinajstić information content (AvgIpc) is 3.30. The molecule has 1 aliphatic carbocycles. The molecule has 2 atom stereocenters. The minimum absolute atomic E-state index is 0.101. The molecule has 0 saturated carbocycles. The van der Waals surface area contributed by atoms with Crippen molar-refractivity contribution < 1.29 is 9.90 Å². The number of aliphatic hydroxyl groups excluding tert-OH is 1. The first-order valence-corrected chi connectivity index (χ1v) is 11.8. The van der Waals surface area contributed by atoms with Crippen molar-refractivity contribution in [3.63, 3.8) is 0 Å². The summed E-state index contributed by atoms with van der Waals surface area (Å²) in [5.74, 6) is -0.101. The third-order valence-electron chi connectivity index (χ3n) is 7.80. The fourth-order valence-electron chi connectivity index (χ4n) is 6.17. The van der Waals surface area contributed by atoms with Gasteiger partial charge in [-0.25, -0.2) is 0 Å². The van der Waals surface area contributed by atoms with Crippen LogP contribution in [0.3, 0.4) is 0 Å². The molecule has 1 amide bonds. The van der Waals surface area contributed by atoms with Gasteiger partial charge >= 0.3 is 0 Å². The van der Waals surface area contributed by atoms with E-state index in [1.807, 2.05) is 12.1 Å². The lowest BCUT2D eigenvalue weighted by atomic mass is 9.72. The Kier molecular flexibility index (Phi) is 4.78. The van der Waals surface area contributed by atoms with E-state index in [1.54, 1.807) is 0 Å². The number of aliphatic hydroxyl groups is 1. The number of hydrogen-bond acceptors (Lipinski definition) is 3. The van der Waals surface area contributed by atoms with E-state index in [0.717, 1.165) is 38.0 Å². The topological polar surface area (TPSA) is 68.4 Å². The number of aromatic nitrogens is 1. The maximum Gasteiger partial charge on any atom is 0.217 e. The first-order chi connectivity index (χ1) is 16.0. The number of H-pyrrole nitrogens is 1. The fraction of sp³-hybridized carbons (Fsp3) is 0.321. The number of aromatic amines is 1. The molecule has 5 nitrogen and oxygen atoms in total. The van der Waals surface area contributed by atoms with E-state index in [1.165, 1.54) is 39.9 Å². The number of fused-ring (bicyclic) bond motifs is 5. The van der Waals surface area contributed by atoms with Crippen LogP contribution in [0.5, 0.6) is 0 Å². The Labute approximate surface area is 193 Å². The first-order valence-electron chi connectivity index (χ1n) is 11.8. The molecule has 1 fully saturated rings. The molecule has 168 valence electrons. The Morgan fingerprint density at radius 1 is 1.03 bits per heavy atom. The van der Waals surface area contributed by atoms with Gasteiger partial charge in [-0.05, 0) is 60.8 Å². The predicted molar refractivity (Wildman–Crippen MR) is 131 cm³/mol. The van der Waals surface area contributed by atoms with Crippen molar-refractivity contribution in [2.75, 3.05) is 13.1 Å². The Bertz CT molecular complexity index is 1350. The van der Waals surface area contributed by atoms with Gasteiger partial charge in [-0.15, -0.1) is 0 Å². The highest BCUT2D eigenvalue weighted by molar-refractivity contribution is 6.07. The second-order valence-corrected chi connectivity index (χ2v) is 9.69. The average molecular weight is 440 g/mol. The van der Waals surface area contributed by atoms with Gasteiger partial charge in [0.05, 0.1) is 12.1 Å². The van der Waals surface area contributed by atoms with Crippen LogP contribution in [0.2, 0.25) is 0 Å². The molecule has 0 bridgehead atoms. The lowest BCUT2D eigenvalue weighted by molar-refractivity contribution is -0.121. The summed E-state index contributed by atoms with van der Waals surface area (Å²) < 4.78 is 0. The van der Waals surface area contributed by atoms with Gasteiger partial charge in [-0.3, -0.25) is 9.69 Å². The molecule has 1 saturated heterocycles. The molecule has 1 aliphatic heterocycles. The van der Waals surface area contributed by atoms with Crippen molar-refractivity contribution in [1.82, 2.24) is 15.2 Å². The molecule has 2 unspecified atom stereocenters. The van der Waals surface area contributed by atoms with Crippen LogP contribution >= 0.6 is 0 Å². The highest BCUT2D eigenvalue weighted by atomic mass is 16.3. The summed E-state index contributed by atoms with van der Waals surface area (Å²) in [4.78, 5) is 17.8. The zero-order valence-electron chi connectivity index (χ0n) is 18.8. The van der Waals surface area contributed by atoms with Crippen molar-refractivity contribution in [3.8, 4) is 0 Å². The Morgan fingerprint density at radius 3 is 2.58 bits per heavy atom. The highest BCUT2D eigenvalue weighted by Crippen LogP contribution is 2.51. The number of hydrogen-bond donors (Lipinski definition) is 3. The fourth-order valence-corrected chi connectivity index (χ4v) is 6.17. The van der Waals surface area contributed by atoms with E-state index in [0.29, 0.717) is 0 Å². The third kappa shape index (κ3) is 3.26. The third-order valence-corrected chi connectivity index (χ3v) is 7.80. The van der Waals surface area contributed by atoms with E-state index in [-0.39, 0.29) is 17.4 Å². The zero-order valence-corrected chi connectivity index (χ0v) is 18.8. The van der Waals surface area contributed by atoms with E-state index in [2.05, 4.69) is 69.8 Å². The summed E-state index contributed by atoms with van der Waals surface area (Å²) in [6, 6.07) is 23.1. The van der Waals surface area contributed by atoms with Gasteiger partial charge in [0.1, 0.15) is 0 Å². The maximum absolute atomic E-state index is 11.8. The molecule has 1 spiro atoms. The van der Waals surface area contributed by atoms with Crippen LogP contribution in [-0.4, -0.2) is 40.1 Å². The van der Waals surface area contributed by atoms with Crippen LogP contribution < -0.4 is 5.32 Å². The van der Waals surface area contributed by atoms with Crippen LogP contribution in [-0.2, 0) is 16.8 Å². The number of benzene rings is 3. The molecule has 6 rings (SSSR count). The molecule has 2 aliphatic rings. The van der Waals surface area contributed by atoms with Gasteiger partial charge in [0, 0.05) is 40.7 Å². The summed E-state index contributed by atoms with van der Waals surface area (Å²) in [6.07, 6.45) is 1.18. The number of nitrogens with one attached hydrogen (secondary N) is 2. The lowest BCUT2D eigenvalue weighted by Gasteiger charge is -2.43. The molecular weight excluding hydrogens is 410 g/mol. The monoisotopic (exact) mass is 439 g/mol. The van der Waals surface area contributed by atoms with Crippen molar-refractivity contribution in [3.05, 3.63) is 83.4 Å². The Balaban J connectivity index is 1.23. The number of piperidine rings is 1. The molecule has 0 radical (unpaired) electrons. The summed E-state index contributed by atoms with van der Waals surface area (Å²) in [7, 11) is 0. The van der Waals surface area contributed by atoms with Gasteiger partial charge in [0.15, 0.2) is 0 Å². The van der Waals surface area contributed by atoms with Crippen LogP contribution in [0.1, 0.15) is 42.5 Å². The van der Waals surface area contributed by atoms with E-state index < -0.39 is 6.10 Å². The highest BCUT2D eigenvalue weighted by Gasteiger charge is 2.52.